The molecule has 4 rings (SSSR count). The number of nitrogens with zero attached hydrogens (tertiary/aromatic N) is 1. The van der Waals surface area contributed by atoms with E-state index >= 15 is 0 Å². The number of hydrogen-bond donors (Lipinski definition) is 1. The maximum Gasteiger partial charge on any atom is 0.333 e. The van der Waals surface area contributed by atoms with Crippen molar-refractivity contribution in [3.8, 4) is 0 Å². The molecule has 0 bridgehead atoms. The van der Waals surface area contributed by atoms with Gasteiger partial charge in [-0.3, -0.25) is 0 Å². The van der Waals surface area contributed by atoms with Gasteiger partial charge in [-0.1, -0.05) is 64.4 Å². The number of carbonyl (C=O) groups excluding carboxylic acids is 1. The Bertz CT molecular complexity index is 945. The number of ether oxygens (including phenoxy) is 1. The minimum Gasteiger partial charge on any atom is -0.466 e. The predicted octanol–water partition coefficient (Wildman–Crippen LogP) is 7.96. The summed E-state index contributed by atoms with van der Waals surface area (Å²) in [4.78, 5) is 11.7. The Labute approximate surface area is 213 Å². The van der Waals surface area contributed by atoms with Gasteiger partial charge in [-0.15, -0.1) is 0 Å². The smallest absolute Gasteiger partial charge is 0.333 e. The number of esters is 1. The van der Waals surface area contributed by atoms with E-state index in [1.807, 2.05) is 6.92 Å². The van der Waals surface area contributed by atoms with Gasteiger partial charge in [0.1, 0.15) is 0 Å². The quantitative estimate of drug-likeness (QED) is 0.142. The van der Waals surface area contributed by atoms with Crippen LogP contribution in [0, 0.1) is 45.3 Å². The van der Waals surface area contributed by atoms with Crippen molar-refractivity contribution in [2.75, 3.05) is 7.11 Å². The van der Waals surface area contributed by atoms with Gasteiger partial charge >= 0.3 is 5.97 Å². The van der Waals surface area contributed by atoms with Crippen LogP contribution in [0.1, 0.15) is 106 Å². The van der Waals surface area contributed by atoms with E-state index < -0.39 is 0 Å². The van der Waals surface area contributed by atoms with Gasteiger partial charge in [-0.25, -0.2) is 4.79 Å². The zero-order chi connectivity index (χ0) is 25.8. The number of hydrogen-bond acceptors (Lipinski definition) is 4. The first-order valence-corrected chi connectivity index (χ1v) is 14.0. The van der Waals surface area contributed by atoms with Crippen LogP contribution in [-0.4, -0.2) is 24.0 Å². The van der Waals surface area contributed by atoms with Gasteiger partial charge in [0, 0.05) is 11.0 Å². The molecule has 0 spiro atoms. The maximum absolute atomic E-state index is 11.7. The van der Waals surface area contributed by atoms with Gasteiger partial charge in [0.25, 0.3) is 0 Å². The van der Waals surface area contributed by atoms with Crippen LogP contribution in [-0.2, 0) is 9.53 Å². The number of carbonyl (C=O) groups is 1. The van der Waals surface area contributed by atoms with E-state index in [1.54, 1.807) is 5.57 Å². The highest BCUT2D eigenvalue weighted by molar-refractivity contribution is 5.90. The second-order valence-corrected chi connectivity index (χ2v) is 13.6. The van der Waals surface area contributed by atoms with Crippen molar-refractivity contribution < 1.29 is 14.7 Å². The molecule has 0 aromatic rings. The molecule has 4 aliphatic rings. The van der Waals surface area contributed by atoms with Crippen LogP contribution in [0.15, 0.2) is 28.5 Å². The zero-order valence-corrected chi connectivity index (χ0v) is 23.5. The number of fused-ring (bicyclic) bond motifs is 5. The summed E-state index contributed by atoms with van der Waals surface area (Å²) in [5.74, 6) is 2.35. The lowest BCUT2D eigenvalue weighted by atomic mass is 9.41. The number of oxime groups is 1. The van der Waals surface area contributed by atoms with Crippen molar-refractivity contribution in [1.29, 1.82) is 0 Å². The van der Waals surface area contributed by atoms with Gasteiger partial charge in [0.2, 0.25) is 0 Å². The van der Waals surface area contributed by atoms with Crippen molar-refractivity contribution in [1.82, 2.24) is 0 Å². The lowest BCUT2D eigenvalue weighted by Crippen LogP contribution is -2.57. The highest BCUT2D eigenvalue weighted by atomic mass is 16.5. The second kappa shape index (κ2) is 9.06. The topological polar surface area (TPSA) is 58.9 Å². The summed E-state index contributed by atoms with van der Waals surface area (Å²) in [6.07, 6.45) is 15.2. The molecule has 0 aromatic carbocycles. The summed E-state index contributed by atoms with van der Waals surface area (Å²) in [6.45, 7) is 16.7. The third kappa shape index (κ3) is 3.84. The Kier molecular flexibility index (Phi) is 6.86. The molecule has 0 saturated heterocycles. The lowest BCUT2D eigenvalue weighted by molar-refractivity contribution is -0.136. The van der Waals surface area contributed by atoms with E-state index in [0.717, 1.165) is 49.3 Å². The Morgan fingerprint density at radius 2 is 1.91 bits per heavy atom. The first-order chi connectivity index (χ1) is 16.4. The van der Waals surface area contributed by atoms with E-state index in [4.69, 9.17) is 4.74 Å². The monoisotopic (exact) mass is 483 g/mol. The number of allylic oxidation sites excluding steroid dienone is 3. The van der Waals surface area contributed by atoms with Gasteiger partial charge in [-0.05, 0) is 105 Å². The molecule has 4 heteroatoms. The highest BCUT2D eigenvalue weighted by Gasteiger charge is 2.65. The fourth-order valence-electron chi connectivity index (χ4n) is 9.66. The summed E-state index contributed by atoms with van der Waals surface area (Å²) in [6, 6.07) is 0. The van der Waals surface area contributed by atoms with E-state index in [-0.39, 0.29) is 22.2 Å². The molecule has 196 valence electrons. The second-order valence-electron chi connectivity index (χ2n) is 13.6. The normalized spacial score (nSPS) is 42.5. The molecule has 0 unspecified atom stereocenters. The molecule has 35 heavy (non-hydrogen) atoms. The van der Waals surface area contributed by atoms with Crippen molar-refractivity contribution in [2.24, 2.45) is 50.5 Å². The van der Waals surface area contributed by atoms with Crippen LogP contribution in [0.25, 0.3) is 0 Å². The van der Waals surface area contributed by atoms with Gasteiger partial charge in [0.15, 0.2) is 0 Å². The standard InChI is InChI=1S/C31H49NO3/c1-20(10-9-11-21(2)27(33)35-8)22-14-18-31(7)24-12-13-25-28(3,4)26(32-34)16-17-29(25,5)23(24)15-19-30(22,31)6/h11-12,20,22-23,25,34H,9-10,13-19H2,1-8H3/b21-11-,32-26+/t20-,22-,23-,25+,29+,30-,31-/m0/s1. The van der Waals surface area contributed by atoms with Crippen LogP contribution >= 0.6 is 0 Å². The molecular weight excluding hydrogens is 434 g/mol. The summed E-state index contributed by atoms with van der Waals surface area (Å²) in [5, 5.41) is 13.4. The predicted molar refractivity (Wildman–Crippen MR) is 142 cm³/mol. The fraction of sp³-hybridized carbons (Fsp3) is 0.806. The van der Waals surface area contributed by atoms with Gasteiger partial charge < -0.3 is 9.94 Å². The molecule has 3 saturated carbocycles. The fourth-order valence-corrected chi connectivity index (χ4v) is 9.66. The summed E-state index contributed by atoms with van der Waals surface area (Å²) in [7, 11) is 1.45. The first kappa shape index (κ1) is 26.5. The largest absolute Gasteiger partial charge is 0.466 e. The van der Waals surface area contributed by atoms with Crippen LogP contribution in [0.2, 0.25) is 0 Å². The molecule has 0 aromatic heterocycles. The van der Waals surface area contributed by atoms with Crippen LogP contribution in [0.3, 0.4) is 0 Å². The summed E-state index contributed by atoms with van der Waals surface area (Å²) >= 11 is 0. The molecule has 4 aliphatic carbocycles. The van der Waals surface area contributed by atoms with E-state index in [0.29, 0.717) is 23.2 Å². The Morgan fingerprint density at radius 3 is 2.57 bits per heavy atom. The average molecular weight is 484 g/mol. The number of rotatable bonds is 5. The van der Waals surface area contributed by atoms with E-state index in [1.165, 1.54) is 32.8 Å². The molecule has 7 atom stereocenters. The Hall–Kier alpha value is -1.58. The van der Waals surface area contributed by atoms with Crippen molar-refractivity contribution in [3.05, 3.63) is 23.3 Å². The molecule has 0 aliphatic heterocycles. The lowest BCUT2D eigenvalue weighted by Gasteiger charge is -2.63. The molecule has 4 nitrogen and oxygen atoms in total. The van der Waals surface area contributed by atoms with Crippen LogP contribution in [0.5, 0.6) is 0 Å². The molecule has 0 radical (unpaired) electrons. The summed E-state index contributed by atoms with van der Waals surface area (Å²) in [5.41, 5.74) is 4.33. The summed E-state index contributed by atoms with van der Waals surface area (Å²) < 4.78 is 4.86. The van der Waals surface area contributed by atoms with Crippen molar-refractivity contribution >= 4 is 11.7 Å². The van der Waals surface area contributed by atoms with E-state index in [9.17, 15) is 10.0 Å². The maximum atomic E-state index is 11.7. The first-order valence-electron chi connectivity index (χ1n) is 14.0. The Balaban J connectivity index is 1.57. The van der Waals surface area contributed by atoms with Crippen LogP contribution in [0.4, 0.5) is 0 Å². The third-order valence-corrected chi connectivity index (χ3v) is 12.1. The minimum atomic E-state index is -0.212. The van der Waals surface area contributed by atoms with Gasteiger partial charge in [-0.2, -0.15) is 0 Å². The molecule has 0 amide bonds. The minimum absolute atomic E-state index is 0.0476. The number of methoxy groups -OCH3 is 1. The molecular formula is C31H49NO3. The van der Waals surface area contributed by atoms with E-state index in [2.05, 4.69) is 58.9 Å². The van der Waals surface area contributed by atoms with Crippen molar-refractivity contribution in [2.45, 2.75) is 106 Å². The zero-order valence-electron chi connectivity index (χ0n) is 23.5. The van der Waals surface area contributed by atoms with Crippen LogP contribution < -0.4 is 0 Å². The third-order valence-electron chi connectivity index (χ3n) is 12.1. The van der Waals surface area contributed by atoms with Crippen molar-refractivity contribution in [3.63, 3.8) is 0 Å². The molecule has 3 fully saturated rings. The van der Waals surface area contributed by atoms with Gasteiger partial charge in [0.05, 0.1) is 12.8 Å². The highest BCUT2D eigenvalue weighted by Crippen LogP contribution is 2.73. The average Bonchev–Trinajstić information content (AvgIpc) is 3.09. The SMILES string of the molecule is COC(=O)/C(C)=C\CC[C@H](C)[C@@H]1CC[C@@]2(C)C3=CC[C@@H]4C(C)(C)/C(=N/O)CC[C@]4(C)[C@H]3CC[C@@]12C. The molecule has 1 N–H and O–H groups in total. The molecule has 0 heterocycles. The Morgan fingerprint density at radius 1 is 1.20 bits per heavy atom.